The average molecular weight is 441 g/mol. The van der Waals surface area contributed by atoms with Crippen LogP contribution in [0.5, 0.6) is 0 Å². The molecule has 0 amide bonds. The minimum Gasteiger partial charge on any atom is -0.467 e. The van der Waals surface area contributed by atoms with Crippen molar-refractivity contribution in [2.75, 3.05) is 24.4 Å². The second-order valence-corrected chi connectivity index (χ2v) is 7.31. The Morgan fingerprint density at radius 3 is 2.24 bits per heavy atom. The molecule has 0 bridgehead atoms. The monoisotopic (exact) mass is 440 g/mol. The minimum absolute atomic E-state index is 0.322. The Morgan fingerprint density at radius 2 is 1.55 bits per heavy atom. The Morgan fingerprint density at radius 1 is 0.909 bits per heavy atom. The number of carbonyl (C=O) groups excluding carboxylic acids is 1. The van der Waals surface area contributed by atoms with Gasteiger partial charge in [-0.3, -0.25) is 0 Å². The maximum atomic E-state index is 12.4. The molecule has 2 heterocycles. The lowest BCUT2D eigenvalue weighted by molar-refractivity contribution is -0.141. The fraction of sp³-hybridized carbons (Fsp3) is 0.160. The number of rotatable bonds is 8. The van der Waals surface area contributed by atoms with E-state index in [4.69, 9.17) is 4.74 Å². The highest BCUT2D eigenvalue weighted by molar-refractivity contribution is 5.79. The first-order valence-corrected chi connectivity index (χ1v) is 10.5. The molecule has 2 aromatic heterocycles. The molecule has 0 radical (unpaired) electrons. The number of aromatic nitrogens is 4. The molecule has 33 heavy (non-hydrogen) atoms. The maximum absolute atomic E-state index is 12.4. The summed E-state index contributed by atoms with van der Waals surface area (Å²) in [5.74, 6) is 1.87. The Kier molecular flexibility index (Phi) is 6.84. The van der Waals surface area contributed by atoms with Crippen LogP contribution in [0.2, 0.25) is 0 Å². The van der Waals surface area contributed by atoms with Gasteiger partial charge in [-0.1, -0.05) is 60.7 Å². The van der Waals surface area contributed by atoms with E-state index < -0.39 is 6.04 Å². The van der Waals surface area contributed by atoms with E-state index in [-0.39, 0.29) is 5.97 Å². The number of nitrogens with one attached hydrogen (secondary N) is 1. The van der Waals surface area contributed by atoms with Gasteiger partial charge in [0.05, 0.1) is 7.11 Å². The van der Waals surface area contributed by atoms with Crippen LogP contribution in [0.3, 0.4) is 0 Å². The zero-order valence-corrected chi connectivity index (χ0v) is 18.4. The Balaban J connectivity index is 1.55. The van der Waals surface area contributed by atoms with Crippen molar-refractivity contribution in [1.29, 1.82) is 0 Å². The van der Waals surface area contributed by atoms with E-state index in [1.165, 1.54) is 7.11 Å². The van der Waals surface area contributed by atoms with Crippen molar-refractivity contribution in [2.45, 2.75) is 12.5 Å². The summed E-state index contributed by atoms with van der Waals surface area (Å²) >= 11 is 0. The molecule has 4 rings (SSSR count). The molecule has 8 nitrogen and oxygen atoms in total. The van der Waals surface area contributed by atoms with Gasteiger partial charge in [0, 0.05) is 31.4 Å². The fourth-order valence-electron chi connectivity index (χ4n) is 3.33. The first kappa shape index (κ1) is 21.9. The number of anilines is 3. The molecule has 8 heteroatoms. The summed E-state index contributed by atoms with van der Waals surface area (Å²) < 4.78 is 4.97. The van der Waals surface area contributed by atoms with Gasteiger partial charge in [-0.05, 0) is 17.7 Å². The molecule has 0 saturated heterocycles. The van der Waals surface area contributed by atoms with Crippen LogP contribution >= 0.6 is 0 Å². The molecule has 1 atom stereocenters. The smallest absolute Gasteiger partial charge is 0.328 e. The Bertz CT molecular complexity index is 1200. The molecular formula is C25H24N6O2. The van der Waals surface area contributed by atoms with Crippen LogP contribution in [0.4, 0.5) is 17.6 Å². The van der Waals surface area contributed by atoms with E-state index in [9.17, 15) is 4.79 Å². The molecule has 0 aliphatic rings. The topological polar surface area (TPSA) is 93.1 Å². The van der Waals surface area contributed by atoms with Crippen LogP contribution in [-0.4, -0.2) is 46.1 Å². The molecule has 0 aliphatic carbocycles. The zero-order chi connectivity index (χ0) is 23.0. The normalized spacial score (nSPS) is 11.5. The highest BCUT2D eigenvalue weighted by Gasteiger charge is 2.21. The first-order chi connectivity index (χ1) is 16.1. The van der Waals surface area contributed by atoms with Gasteiger partial charge in [-0.25, -0.2) is 19.7 Å². The number of hydrogen-bond acceptors (Lipinski definition) is 8. The Hall–Kier alpha value is -4.33. The molecule has 1 N–H and O–H groups in total. The van der Waals surface area contributed by atoms with Crippen molar-refractivity contribution < 1.29 is 9.53 Å². The van der Waals surface area contributed by atoms with Gasteiger partial charge in [0.15, 0.2) is 5.82 Å². The molecular weight excluding hydrogens is 416 g/mol. The standard InChI is InChI=1S/C25H24N6O2/c1-31(21-13-15-26-23(29-21)19-11-7-4-8-12-19)22-14-16-27-25(30-22)28-20(24(32)33-2)17-18-9-5-3-6-10-18/h3-16,20H,17H2,1-2H3,(H,27,28,30)/t20-/m1/s1. The van der Waals surface area contributed by atoms with Crippen LogP contribution in [0.15, 0.2) is 85.2 Å². The summed E-state index contributed by atoms with van der Waals surface area (Å²) in [6.07, 6.45) is 3.80. The van der Waals surface area contributed by atoms with Gasteiger partial charge in [0.25, 0.3) is 0 Å². The molecule has 2 aromatic carbocycles. The number of methoxy groups -OCH3 is 1. The lowest BCUT2D eigenvalue weighted by Crippen LogP contribution is -2.33. The van der Waals surface area contributed by atoms with Crippen molar-refractivity contribution >= 4 is 23.6 Å². The number of ether oxygens (including phenoxy) is 1. The lowest BCUT2D eigenvalue weighted by Gasteiger charge is -2.20. The van der Waals surface area contributed by atoms with Crippen molar-refractivity contribution in [3.63, 3.8) is 0 Å². The van der Waals surface area contributed by atoms with Gasteiger partial charge < -0.3 is 15.0 Å². The number of esters is 1. The van der Waals surface area contributed by atoms with E-state index in [2.05, 4.69) is 25.3 Å². The minimum atomic E-state index is -0.623. The van der Waals surface area contributed by atoms with Crippen LogP contribution in [0.1, 0.15) is 5.56 Å². The van der Waals surface area contributed by atoms with Gasteiger partial charge in [-0.15, -0.1) is 0 Å². The summed E-state index contributed by atoms with van der Waals surface area (Å²) in [4.78, 5) is 32.1. The van der Waals surface area contributed by atoms with Crippen molar-refractivity contribution in [3.8, 4) is 11.4 Å². The highest BCUT2D eigenvalue weighted by Crippen LogP contribution is 2.23. The average Bonchev–Trinajstić information content (AvgIpc) is 2.89. The zero-order valence-electron chi connectivity index (χ0n) is 18.4. The van der Waals surface area contributed by atoms with Crippen LogP contribution in [0, 0.1) is 0 Å². The molecule has 0 saturated carbocycles. The van der Waals surface area contributed by atoms with Crippen molar-refractivity contribution in [1.82, 2.24) is 19.9 Å². The molecule has 4 aromatic rings. The maximum Gasteiger partial charge on any atom is 0.328 e. The van der Waals surface area contributed by atoms with E-state index in [0.29, 0.717) is 29.8 Å². The molecule has 166 valence electrons. The van der Waals surface area contributed by atoms with Gasteiger partial charge >= 0.3 is 5.97 Å². The molecule has 0 unspecified atom stereocenters. The second-order valence-electron chi connectivity index (χ2n) is 7.31. The second kappa shape index (κ2) is 10.3. The van der Waals surface area contributed by atoms with Gasteiger partial charge in [0.1, 0.15) is 17.7 Å². The summed E-state index contributed by atoms with van der Waals surface area (Å²) in [7, 11) is 3.23. The third kappa shape index (κ3) is 5.48. The first-order valence-electron chi connectivity index (χ1n) is 10.5. The summed E-state index contributed by atoms with van der Waals surface area (Å²) in [5.41, 5.74) is 1.93. The Labute approximate surface area is 192 Å². The van der Waals surface area contributed by atoms with Crippen LogP contribution in [-0.2, 0) is 16.0 Å². The molecule has 0 spiro atoms. The van der Waals surface area contributed by atoms with Crippen LogP contribution in [0.25, 0.3) is 11.4 Å². The number of nitrogens with zero attached hydrogens (tertiary/aromatic N) is 5. The third-order valence-corrected chi connectivity index (χ3v) is 5.07. The van der Waals surface area contributed by atoms with Crippen molar-refractivity contribution in [3.05, 3.63) is 90.8 Å². The molecule has 0 fully saturated rings. The van der Waals surface area contributed by atoms with Crippen molar-refractivity contribution in [2.24, 2.45) is 0 Å². The summed E-state index contributed by atoms with van der Waals surface area (Å²) in [6, 6.07) is 22.5. The quantitative estimate of drug-likeness (QED) is 0.413. The highest BCUT2D eigenvalue weighted by atomic mass is 16.5. The SMILES string of the molecule is COC(=O)[C@@H](Cc1ccccc1)Nc1nccc(N(C)c2ccnc(-c3ccccc3)n2)n1. The predicted octanol–water partition coefficient (Wildman–Crippen LogP) is 3.90. The van der Waals surface area contributed by atoms with Gasteiger partial charge in [0.2, 0.25) is 5.95 Å². The summed E-state index contributed by atoms with van der Waals surface area (Å²) in [6.45, 7) is 0. The predicted molar refractivity (Wildman–Crippen MR) is 127 cm³/mol. The fourth-order valence-corrected chi connectivity index (χ4v) is 3.33. The lowest BCUT2D eigenvalue weighted by atomic mass is 10.1. The van der Waals surface area contributed by atoms with Crippen LogP contribution < -0.4 is 10.2 Å². The van der Waals surface area contributed by atoms with E-state index >= 15 is 0 Å². The van der Waals surface area contributed by atoms with E-state index in [0.717, 1.165) is 11.1 Å². The van der Waals surface area contributed by atoms with Gasteiger partial charge in [-0.2, -0.15) is 4.98 Å². The number of benzene rings is 2. The van der Waals surface area contributed by atoms with E-state index in [1.807, 2.05) is 78.7 Å². The number of carbonyl (C=O) groups is 1. The largest absolute Gasteiger partial charge is 0.467 e. The summed E-state index contributed by atoms with van der Waals surface area (Å²) in [5, 5.41) is 3.11. The number of hydrogen-bond donors (Lipinski definition) is 1. The van der Waals surface area contributed by atoms with E-state index in [1.54, 1.807) is 18.5 Å². The third-order valence-electron chi connectivity index (χ3n) is 5.07. The molecule has 0 aliphatic heterocycles.